The SMILES string of the molecule is CC[C@H]1OC(=O)[C@H](C)[C@@H](C2C[C@@](C)(OC)[C@@H](O)[C@H](C)O2)[C@H](C)[C@@H](O[C@@H]2O[C@H](C)C[C@H](N(C)CCc3cn([C@H](CF)Cc4ccc(-c5csnn5)cc4)nn3)[C@H]2O)[C@](C)(O)C[C@@H](C)CN(C)[C@H](C)[C@@H](O)[C@]1(C)O. The van der Waals surface area contributed by atoms with Gasteiger partial charge in [0, 0.05) is 68.2 Å². The maximum absolute atomic E-state index is 14.6. The van der Waals surface area contributed by atoms with E-state index in [2.05, 4.69) is 19.9 Å². The number of aliphatic hydroxyl groups excluding tert-OH is 3. The molecule has 19 atom stereocenters. The smallest absolute Gasteiger partial charge is 0.309 e. The Bertz CT molecular complexity index is 2160. The van der Waals surface area contributed by atoms with Crippen molar-refractivity contribution in [3.8, 4) is 11.3 Å². The number of cyclic esters (lactones) is 1. The van der Waals surface area contributed by atoms with Crippen molar-refractivity contribution in [2.75, 3.05) is 41.0 Å². The third kappa shape index (κ3) is 13.1. The van der Waals surface area contributed by atoms with Gasteiger partial charge >= 0.3 is 5.97 Å². The highest BCUT2D eigenvalue weighted by atomic mass is 32.1. The Labute approximate surface area is 429 Å². The number of hydrogen-bond acceptors (Lipinski definition) is 18. The minimum Gasteiger partial charge on any atom is -0.459 e. The van der Waals surface area contributed by atoms with Crippen molar-refractivity contribution in [2.45, 2.75) is 198 Å². The Morgan fingerprint density at radius 2 is 1.69 bits per heavy atom. The van der Waals surface area contributed by atoms with E-state index in [0.717, 1.165) is 16.8 Å². The molecule has 0 spiro atoms. The number of benzene rings is 1. The normalized spacial score (nSPS) is 39.6. The zero-order chi connectivity index (χ0) is 53.0. The fourth-order valence-electron chi connectivity index (χ4n) is 11.9. The average Bonchev–Trinajstić information content (AvgIpc) is 4.06. The van der Waals surface area contributed by atoms with Gasteiger partial charge in [-0.1, -0.05) is 61.7 Å². The molecular formula is C52H84FN7O11S. The molecule has 1 aromatic carbocycles. The van der Waals surface area contributed by atoms with Gasteiger partial charge in [0.2, 0.25) is 0 Å². The molecule has 3 aromatic rings. The molecule has 3 aliphatic rings. The maximum Gasteiger partial charge on any atom is 0.309 e. The molecule has 0 amide bonds. The molecule has 0 saturated carbocycles. The van der Waals surface area contributed by atoms with E-state index >= 15 is 0 Å². The molecule has 2 aromatic heterocycles. The number of esters is 1. The predicted molar refractivity (Wildman–Crippen MR) is 270 cm³/mol. The summed E-state index contributed by atoms with van der Waals surface area (Å²) in [6.45, 7) is 18.1. The lowest BCUT2D eigenvalue weighted by Gasteiger charge is -2.51. The number of alkyl halides is 1. The van der Waals surface area contributed by atoms with Crippen LogP contribution in [0.4, 0.5) is 4.39 Å². The number of likely N-dealkylation sites (N-methyl/N-ethyl adjacent to an activating group) is 2. The number of hydrogen-bond donors (Lipinski definition) is 5. The first kappa shape index (κ1) is 58.1. The summed E-state index contributed by atoms with van der Waals surface area (Å²) in [6, 6.07) is 6.24. The molecule has 3 fully saturated rings. The van der Waals surface area contributed by atoms with Gasteiger partial charge in [0.05, 0.1) is 53.3 Å². The third-order valence-corrected chi connectivity index (χ3v) is 16.9. The number of carbonyl (C=O) groups is 1. The zero-order valence-corrected chi connectivity index (χ0v) is 45.5. The Morgan fingerprint density at radius 1 is 1.00 bits per heavy atom. The van der Waals surface area contributed by atoms with E-state index in [9.17, 15) is 34.7 Å². The second-order valence-corrected chi connectivity index (χ2v) is 22.8. The Kier molecular flexibility index (Phi) is 19.6. The average molecular weight is 1030 g/mol. The van der Waals surface area contributed by atoms with Gasteiger partial charge in [0.15, 0.2) is 6.29 Å². The van der Waals surface area contributed by atoms with Gasteiger partial charge in [-0.2, -0.15) is 0 Å². The maximum atomic E-state index is 14.6. The highest BCUT2D eigenvalue weighted by Crippen LogP contribution is 2.45. The Hall–Kier alpha value is -3.12. The van der Waals surface area contributed by atoms with Gasteiger partial charge in [-0.3, -0.25) is 4.79 Å². The predicted octanol–water partition coefficient (Wildman–Crippen LogP) is 4.65. The zero-order valence-electron chi connectivity index (χ0n) is 44.7. The van der Waals surface area contributed by atoms with Gasteiger partial charge in [-0.05, 0) is 110 Å². The summed E-state index contributed by atoms with van der Waals surface area (Å²) in [5, 5.41) is 74.8. The minimum absolute atomic E-state index is 0.178. The fraction of sp³-hybridized carbons (Fsp3) is 0.788. The van der Waals surface area contributed by atoms with E-state index in [1.165, 1.54) is 25.6 Å². The monoisotopic (exact) mass is 1030 g/mol. The van der Waals surface area contributed by atoms with Gasteiger partial charge < -0.3 is 59.0 Å². The molecule has 0 aliphatic carbocycles. The topological polar surface area (TPSA) is 227 Å². The number of rotatable bonds is 14. The fourth-order valence-corrected chi connectivity index (χ4v) is 12.3. The van der Waals surface area contributed by atoms with E-state index in [-0.39, 0.29) is 31.3 Å². The number of aliphatic hydroxyl groups is 5. The lowest BCUT2D eigenvalue weighted by molar-refractivity contribution is -0.302. The van der Waals surface area contributed by atoms with Crippen LogP contribution in [0.2, 0.25) is 0 Å². The van der Waals surface area contributed by atoms with Crippen LogP contribution in [0.15, 0.2) is 35.8 Å². The third-order valence-electron chi connectivity index (χ3n) is 16.4. The van der Waals surface area contributed by atoms with Crippen LogP contribution in [0.25, 0.3) is 11.3 Å². The van der Waals surface area contributed by atoms with Crippen molar-refractivity contribution >= 4 is 17.5 Å². The van der Waals surface area contributed by atoms with Crippen molar-refractivity contribution in [3.05, 3.63) is 47.1 Å². The van der Waals surface area contributed by atoms with Gasteiger partial charge in [-0.15, -0.1) is 10.2 Å². The summed E-state index contributed by atoms with van der Waals surface area (Å²) in [5.74, 6) is -3.21. The van der Waals surface area contributed by atoms with Crippen LogP contribution in [0, 0.1) is 23.7 Å². The summed E-state index contributed by atoms with van der Waals surface area (Å²) >= 11 is 1.28. The molecule has 406 valence electrons. The van der Waals surface area contributed by atoms with Crippen molar-refractivity contribution in [1.82, 2.24) is 34.4 Å². The molecule has 3 saturated heterocycles. The van der Waals surface area contributed by atoms with Crippen LogP contribution >= 0.6 is 11.5 Å². The lowest BCUT2D eigenvalue weighted by Crippen LogP contribution is -2.62. The van der Waals surface area contributed by atoms with Crippen LogP contribution in [0.3, 0.4) is 0 Å². The van der Waals surface area contributed by atoms with Crippen LogP contribution in [0.5, 0.6) is 0 Å². The number of methoxy groups -OCH3 is 1. The summed E-state index contributed by atoms with van der Waals surface area (Å²) in [4.78, 5) is 18.6. The summed E-state index contributed by atoms with van der Waals surface area (Å²) < 4.78 is 52.2. The second-order valence-electron chi connectivity index (χ2n) is 22.2. The first-order valence-electron chi connectivity index (χ1n) is 25.8. The molecule has 6 rings (SSSR count). The molecule has 5 N–H and O–H groups in total. The van der Waals surface area contributed by atoms with Gasteiger partial charge in [0.1, 0.15) is 42.4 Å². The van der Waals surface area contributed by atoms with Crippen molar-refractivity contribution < 1.29 is 58.4 Å². The molecule has 72 heavy (non-hydrogen) atoms. The van der Waals surface area contributed by atoms with Crippen LogP contribution in [0.1, 0.15) is 112 Å². The van der Waals surface area contributed by atoms with Crippen molar-refractivity contribution in [2.24, 2.45) is 23.7 Å². The largest absolute Gasteiger partial charge is 0.459 e. The first-order chi connectivity index (χ1) is 33.8. The van der Waals surface area contributed by atoms with E-state index < -0.39 is 114 Å². The standard InChI is InChI=1S/C52H84FN7O11S/c1-14-42-52(10,66)45(62)33(6)59(12)26-29(2)23-50(8,65)47(31(4)43(32(5)48(64)70-42)41-24-51(9,67-13)46(63)34(7)69-41)71-49-44(61)40(21-30(3)68-49)58(11)20-19-37-27-60(56-54-37)38(25-53)22-35-15-17-36(18-16-35)39-28-72-57-55-39/h15-18,27-34,38,40-47,49,61-63,65-66H,14,19-26H2,1-13H3/t29-,30-,31+,32-,33-,34+,38+,40+,41?,42-,43+,44-,45-,46+,47-,49+,50-,51-,52-/m1/s1. The number of carbonyl (C=O) groups excluding carboxylic acids is 1. The highest BCUT2D eigenvalue weighted by molar-refractivity contribution is 7.03. The quantitative estimate of drug-likeness (QED) is 0.139. The molecule has 3 aliphatic heterocycles. The number of halogens is 1. The minimum atomic E-state index is -1.82. The van der Waals surface area contributed by atoms with E-state index in [0.29, 0.717) is 38.0 Å². The molecule has 0 radical (unpaired) electrons. The van der Waals surface area contributed by atoms with Crippen LogP contribution < -0.4 is 0 Å². The number of ether oxygens (including phenoxy) is 5. The van der Waals surface area contributed by atoms with E-state index in [4.69, 9.17) is 23.7 Å². The number of nitrogens with zero attached hydrogens (tertiary/aromatic N) is 7. The molecule has 20 heteroatoms. The van der Waals surface area contributed by atoms with Gasteiger partial charge in [-0.25, -0.2) is 9.07 Å². The highest BCUT2D eigenvalue weighted by Gasteiger charge is 2.55. The van der Waals surface area contributed by atoms with Crippen molar-refractivity contribution in [1.29, 1.82) is 0 Å². The molecule has 5 heterocycles. The summed E-state index contributed by atoms with van der Waals surface area (Å²) in [7, 11) is 5.28. The molecule has 18 nitrogen and oxygen atoms in total. The second kappa shape index (κ2) is 24.3. The Balaban J connectivity index is 1.26. The summed E-state index contributed by atoms with van der Waals surface area (Å²) in [6.07, 6.45) is -4.94. The molecule has 0 bridgehead atoms. The molecule has 1 unspecified atom stereocenters. The summed E-state index contributed by atoms with van der Waals surface area (Å²) in [5.41, 5.74) is -1.15. The Morgan fingerprint density at radius 3 is 2.32 bits per heavy atom. The van der Waals surface area contributed by atoms with Crippen molar-refractivity contribution in [3.63, 3.8) is 0 Å². The lowest BCUT2D eigenvalue weighted by atomic mass is 9.68. The van der Waals surface area contributed by atoms with Gasteiger partial charge in [0.25, 0.3) is 0 Å². The van der Waals surface area contributed by atoms with Crippen LogP contribution in [-0.4, -0.2) is 191 Å². The van der Waals surface area contributed by atoms with Crippen LogP contribution in [-0.2, 0) is 41.3 Å². The number of aromatic nitrogens is 5. The van der Waals surface area contributed by atoms with E-state index in [1.54, 1.807) is 52.4 Å². The first-order valence-corrected chi connectivity index (χ1v) is 26.6. The molecular weight excluding hydrogens is 950 g/mol. The van der Waals surface area contributed by atoms with E-state index in [1.807, 2.05) is 74.3 Å².